The van der Waals surface area contributed by atoms with Gasteiger partial charge in [0.2, 0.25) is 0 Å². The van der Waals surface area contributed by atoms with E-state index in [2.05, 4.69) is 9.97 Å². The molecule has 0 aliphatic carbocycles. The maximum Gasteiger partial charge on any atom is 0.164 e. The van der Waals surface area contributed by atoms with Gasteiger partial charge in [-0.25, -0.2) is 14.4 Å². The van der Waals surface area contributed by atoms with Crippen LogP contribution in [0.3, 0.4) is 0 Å². The van der Waals surface area contributed by atoms with Gasteiger partial charge in [-0.05, 0) is 50.1 Å². The molecule has 1 atom stereocenters. The smallest absolute Gasteiger partial charge is 0.164 e. The minimum absolute atomic E-state index is 0.319. The second-order valence-corrected chi connectivity index (χ2v) is 5.89. The lowest BCUT2D eigenvalue weighted by Crippen LogP contribution is -2.05. The largest absolute Gasteiger partial charge is 0.276 e. The van der Waals surface area contributed by atoms with Crippen LogP contribution in [0.25, 0.3) is 16.9 Å². The first-order chi connectivity index (χ1) is 9.97. The zero-order valence-corrected chi connectivity index (χ0v) is 12.8. The predicted octanol–water partition coefficient (Wildman–Crippen LogP) is 4.48. The highest BCUT2D eigenvalue weighted by molar-refractivity contribution is 6.20. The number of hydrogen-bond donors (Lipinski definition) is 0. The summed E-state index contributed by atoms with van der Waals surface area (Å²) in [5.41, 5.74) is 3.74. The fourth-order valence-electron chi connectivity index (χ4n) is 2.38. The van der Waals surface area contributed by atoms with Crippen molar-refractivity contribution < 1.29 is 4.39 Å². The monoisotopic (exact) mass is 303 g/mol. The number of rotatable bonds is 2. The van der Waals surface area contributed by atoms with Gasteiger partial charge in [-0.1, -0.05) is 6.07 Å². The quantitative estimate of drug-likeness (QED) is 0.654. The van der Waals surface area contributed by atoms with Crippen molar-refractivity contribution in [3.8, 4) is 5.69 Å². The van der Waals surface area contributed by atoms with Crippen LogP contribution in [-0.2, 0) is 0 Å². The van der Waals surface area contributed by atoms with E-state index in [0.717, 1.165) is 16.6 Å². The molecule has 108 valence electrons. The van der Waals surface area contributed by atoms with E-state index in [-0.39, 0.29) is 11.2 Å². The Labute approximate surface area is 127 Å². The lowest BCUT2D eigenvalue weighted by atomic mass is 10.2. The van der Waals surface area contributed by atoms with Crippen LogP contribution < -0.4 is 0 Å². The standard InChI is InChI=1S/C16H15ClFN3/c1-9-4-5-12(18)14(7-9)21-15(11(3)17)20-13-6-10(2)8-19-16(13)21/h4-8,11H,1-3H3. The number of benzene rings is 1. The van der Waals surface area contributed by atoms with Gasteiger partial charge in [-0.2, -0.15) is 0 Å². The summed E-state index contributed by atoms with van der Waals surface area (Å²) in [5, 5.41) is -0.348. The Balaban J connectivity index is 2.39. The van der Waals surface area contributed by atoms with Gasteiger partial charge in [0, 0.05) is 6.20 Å². The molecule has 3 aromatic rings. The number of imidazole rings is 1. The molecule has 5 heteroatoms. The van der Waals surface area contributed by atoms with E-state index in [4.69, 9.17) is 11.6 Å². The molecular weight excluding hydrogens is 289 g/mol. The topological polar surface area (TPSA) is 30.7 Å². The van der Waals surface area contributed by atoms with Crippen molar-refractivity contribution in [3.63, 3.8) is 0 Å². The Morgan fingerprint density at radius 1 is 1.19 bits per heavy atom. The molecule has 0 fully saturated rings. The van der Waals surface area contributed by atoms with Crippen LogP contribution in [0.1, 0.15) is 29.3 Å². The minimum Gasteiger partial charge on any atom is -0.276 e. The predicted molar refractivity (Wildman–Crippen MR) is 82.6 cm³/mol. The van der Waals surface area contributed by atoms with Gasteiger partial charge in [0.25, 0.3) is 0 Å². The molecule has 1 unspecified atom stereocenters. The molecule has 0 N–H and O–H groups in total. The van der Waals surface area contributed by atoms with E-state index in [1.807, 2.05) is 26.8 Å². The van der Waals surface area contributed by atoms with Crippen LogP contribution in [0.5, 0.6) is 0 Å². The molecule has 2 aromatic heterocycles. The van der Waals surface area contributed by atoms with Gasteiger partial charge in [0.05, 0.1) is 11.1 Å². The lowest BCUT2D eigenvalue weighted by molar-refractivity contribution is 0.615. The fraction of sp³-hybridized carbons (Fsp3) is 0.250. The molecule has 0 bridgehead atoms. The van der Waals surface area contributed by atoms with Crippen LogP contribution in [0, 0.1) is 19.7 Å². The Hall–Kier alpha value is -1.94. The van der Waals surface area contributed by atoms with Crippen LogP contribution in [0.4, 0.5) is 4.39 Å². The number of alkyl halides is 1. The van der Waals surface area contributed by atoms with E-state index in [1.54, 1.807) is 22.9 Å². The van der Waals surface area contributed by atoms with Crippen molar-refractivity contribution in [2.45, 2.75) is 26.1 Å². The van der Waals surface area contributed by atoms with E-state index in [1.165, 1.54) is 6.07 Å². The summed E-state index contributed by atoms with van der Waals surface area (Å²) in [5.74, 6) is 0.273. The minimum atomic E-state index is -0.348. The van der Waals surface area contributed by atoms with E-state index in [9.17, 15) is 4.39 Å². The number of aromatic nitrogens is 3. The highest BCUT2D eigenvalue weighted by Gasteiger charge is 2.19. The molecule has 0 saturated carbocycles. The first-order valence-electron chi connectivity index (χ1n) is 6.73. The van der Waals surface area contributed by atoms with E-state index in [0.29, 0.717) is 17.2 Å². The first-order valence-corrected chi connectivity index (χ1v) is 7.16. The summed E-state index contributed by atoms with van der Waals surface area (Å²) < 4.78 is 16.0. The van der Waals surface area contributed by atoms with Gasteiger partial charge in [-0.15, -0.1) is 11.6 Å². The zero-order valence-electron chi connectivity index (χ0n) is 12.1. The molecule has 0 saturated heterocycles. The summed E-state index contributed by atoms with van der Waals surface area (Å²) in [6.07, 6.45) is 1.75. The Morgan fingerprint density at radius 3 is 2.67 bits per heavy atom. The second kappa shape index (κ2) is 5.11. The van der Waals surface area contributed by atoms with Crippen LogP contribution in [-0.4, -0.2) is 14.5 Å². The third-order valence-corrected chi connectivity index (χ3v) is 3.55. The van der Waals surface area contributed by atoms with Crippen molar-refractivity contribution in [1.29, 1.82) is 0 Å². The molecule has 0 radical (unpaired) electrons. The number of hydrogen-bond acceptors (Lipinski definition) is 2. The fourth-order valence-corrected chi connectivity index (χ4v) is 2.53. The lowest BCUT2D eigenvalue weighted by Gasteiger charge is -2.11. The van der Waals surface area contributed by atoms with Crippen LogP contribution >= 0.6 is 11.6 Å². The molecule has 2 heterocycles. The molecule has 0 aliphatic rings. The van der Waals surface area contributed by atoms with E-state index < -0.39 is 0 Å². The number of aryl methyl sites for hydroxylation is 2. The summed E-state index contributed by atoms with van der Waals surface area (Å²) >= 11 is 6.23. The zero-order chi connectivity index (χ0) is 15.1. The Morgan fingerprint density at radius 2 is 1.95 bits per heavy atom. The number of halogens is 2. The summed E-state index contributed by atoms with van der Waals surface area (Å²) in [7, 11) is 0. The van der Waals surface area contributed by atoms with Crippen molar-refractivity contribution in [2.24, 2.45) is 0 Å². The highest BCUT2D eigenvalue weighted by Crippen LogP contribution is 2.29. The number of pyridine rings is 1. The first kappa shape index (κ1) is 14.0. The average molecular weight is 304 g/mol. The summed E-state index contributed by atoms with van der Waals surface area (Å²) in [4.78, 5) is 8.93. The maximum atomic E-state index is 14.3. The summed E-state index contributed by atoms with van der Waals surface area (Å²) in [6, 6.07) is 6.89. The molecule has 1 aromatic carbocycles. The maximum absolute atomic E-state index is 14.3. The van der Waals surface area contributed by atoms with Crippen LogP contribution in [0.15, 0.2) is 30.5 Å². The van der Waals surface area contributed by atoms with Crippen LogP contribution in [0.2, 0.25) is 0 Å². The number of fused-ring (bicyclic) bond motifs is 1. The number of nitrogens with zero attached hydrogens (tertiary/aromatic N) is 3. The molecule has 3 nitrogen and oxygen atoms in total. The molecule has 21 heavy (non-hydrogen) atoms. The molecule has 3 rings (SSSR count). The Kier molecular flexibility index (Phi) is 3.41. The third-order valence-electron chi connectivity index (χ3n) is 3.36. The second-order valence-electron chi connectivity index (χ2n) is 5.23. The van der Waals surface area contributed by atoms with Gasteiger partial charge in [-0.3, -0.25) is 4.57 Å². The van der Waals surface area contributed by atoms with Crippen molar-refractivity contribution in [1.82, 2.24) is 14.5 Å². The average Bonchev–Trinajstić information content (AvgIpc) is 2.80. The van der Waals surface area contributed by atoms with Crippen molar-refractivity contribution in [2.75, 3.05) is 0 Å². The van der Waals surface area contributed by atoms with Gasteiger partial charge >= 0.3 is 0 Å². The van der Waals surface area contributed by atoms with Gasteiger partial charge in [0.1, 0.15) is 17.2 Å². The van der Waals surface area contributed by atoms with Gasteiger partial charge < -0.3 is 0 Å². The summed E-state index contributed by atoms with van der Waals surface area (Å²) in [6.45, 7) is 5.69. The normalized spacial score (nSPS) is 12.8. The SMILES string of the molecule is Cc1ccc(F)c(-n2c(C(C)Cl)nc3cc(C)cnc32)c1. The Bertz CT molecular complexity index is 824. The molecular formula is C16H15ClFN3. The molecule has 0 amide bonds. The van der Waals surface area contributed by atoms with Crippen molar-refractivity contribution >= 4 is 22.8 Å². The third kappa shape index (κ3) is 2.40. The van der Waals surface area contributed by atoms with E-state index >= 15 is 0 Å². The van der Waals surface area contributed by atoms with Crippen molar-refractivity contribution in [3.05, 3.63) is 53.2 Å². The molecule has 0 aliphatic heterocycles. The van der Waals surface area contributed by atoms with Gasteiger partial charge in [0.15, 0.2) is 5.65 Å². The molecule has 0 spiro atoms. The highest BCUT2D eigenvalue weighted by atomic mass is 35.5.